The monoisotopic (exact) mass is 307 g/mol. The molecule has 3 N–H and O–H groups in total. The minimum Gasteiger partial charge on any atom is -0.399 e. The number of benzene rings is 2. The molecule has 0 spiro atoms. The van der Waals surface area contributed by atoms with Gasteiger partial charge in [0.1, 0.15) is 0 Å². The number of nitrogens with one attached hydrogen (secondary N) is 1. The van der Waals surface area contributed by atoms with Gasteiger partial charge in [-0.2, -0.15) is 5.10 Å². The van der Waals surface area contributed by atoms with Crippen molar-refractivity contribution in [2.45, 2.75) is 0 Å². The Bertz CT molecular complexity index is 651. The summed E-state index contributed by atoms with van der Waals surface area (Å²) in [6, 6.07) is 11.7. The summed E-state index contributed by atoms with van der Waals surface area (Å²) in [7, 11) is 0. The number of hydrogen-bond donors (Lipinski definition) is 2. The second kappa shape index (κ2) is 6.41. The Morgan fingerprint density at radius 3 is 2.45 bits per heavy atom. The van der Waals surface area contributed by atoms with Gasteiger partial charge in [0.15, 0.2) is 0 Å². The lowest BCUT2D eigenvalue weighted by molar-refractivity contribution is 0.0955. The minimum absolute atomic E-state index is 0.364. The van der Waals surface area contributed by atoms with Crippen LogP contribution in [-0.2, 0) is 0 Å². The van der Waals surface area contributed by atoms with Crippen LogP contribution in [0.2, 0.25) is 10.0 Å². The van der Waals surface area contributed by atoms with E-state index in [4.69, 9.17) is 28.9 Å². The van der Waals surface area contributed by atoms with Gasteiger partial charge >= 0.3 is 0 Å². The first-order chi connectivity index (χ1) is 9.58. The van der Waals surface area contributed by atoms with E-state index in [1.54, 1.807) is 42.5 Å². The molecule has 4 nitrogen and oxygen atoms in total. The Kier molecular flexibility index (Phi) is 4.61. The van der Waals surface area contributed by atoms with Gasteiger partial charge in [-0.05, 0) is 30.3 Å². The number of halogens is 2. The Hall–Kier alpha value is -2.04. The van der Waals surface area contributed by atoms with Crippen LogP contribution in [-0.4, -0.2) is 12.1 Å². The molecule has 0 aliphatic carbocycles. The van der Waals surface area contributed by atoms with Crippen LogP contribution < -0.4 is 11.2 Å². The van der Waals surface area contributed by atoms with Crippen molar-refractivity contribution < 1.29 is 4.79 Å². The highest BCUT2D eigenvalue weighted by Gasteiger charge is 2.05. The summed E-state index contributed by atoms with van der Waals surface area (Å²) in [6.07, 6.45) is 1.40. The van der Waals surface area contributed by atoms with Gasteiger partial charge in [-0.1, -0.05) is 35.3 Å². The number of hydrazone groups is 1. The molecule has 0 heterocycles. The van der Waals surface area contributed by atoms with Crippen LogP contribution in [0, 0.1) is 0 Å². The average Bonchev–Trinajstić information content (AvgIpc) is 2.42. The van der Waals surface area contributed by atoms with Gasteiger partial charge in [0.05, 0.1) is 16.3 Å². The lowest BCUT2D eigenvalue weighted by Gasteiger charge is -2.02. The van der Waals surface area contributed by atoms with E-state index < -0.39 is 0 Å². The molecule has 2 rings (SSSR count). The van der Waals surface area contributed by atoms with Crippen LogP contribution in [0.25, 0.3) is 0 Å². The standard InChI is InChI=1S/C14H11Cl2N3O/c15-12-5-2-6-13(16)11(12)8-18-19-14(20)9-3-1-4-10(17)7-9/h1-8H,17H2,(H,19,20)/b18-8-. The molecule has 0 fully saturated rings. The Morgan fingerprint density at radius 1 is 1.15 bits per heavy atom. The maximum absolute atomic E-state index is 11.8. The number of carbonyl (C=O) groups is 1. The Labute approximate surface area is 126 Å². The van der Waals surface area contributed by atoms with E-state index in [2.05, 4.69) is 10.5 Å². The van der Waals surface area contributed by atoms with Gasteiger partial charge in [-0.25, -0.2) is 5.43 Å². The number of anilines is 1. The first-order valence-corrected chi connectivity index (χ1v) is 6.46. The number of nitrogens with two attached hydrogens (primary N) is 1. The first-order valence-electron chi connectivity index (χ1n) is 5.71. The van der Waals surface area contributed by atoms with Crippen LogP contribution in [0.15, 0.2) is 47.6 Å². The maximum Gasteiger partial charge on any atom is 0.271 e. The summed E-state index contributed by atoms with van der Waals surface area (Å²) in [5.74, 6) is -0.364. The molecule has 6 heteroatoms. The van der Waals surface area contributed by atoms with Gasteiger partial charge in [0, 0.05) is 16.8 Å². The van der Waals surface area contributed by atoms with E-state index in [9.17, 15) is 4.79 Å². The van der Waals surface area contributed by atoms with Gasteiger partial charge in [0.2, 0.25) is 0 Å². The topological polar surface area (TPSA) is 67.5 Å². The number of nitrogens with zero attached hydrogens (tertiary/aromatic N) is 1. The SMILES string of the molecule is Nc1cccc(C(=O)N/N=C\c2c(Cl)cccc2Cl)c1. The summed E-state index contributed by atoms with van der Waals surface area (Å²) in [6.45, 7) is 0. The molecule has 102 valence electrons. The van der Waals surface area contributed by atoms with E-state index in [0.29, 0.717) is 26.9 Å². The summed E-state index contributed by atoms with van der Waals surface area (Å²) >= 11 is 12.0. The number of carbonyl (C=O) groups excluding carboxylic acids is 1. The van der Waals surface area contributed by atoms with E-state index in [1.165, 1.54) is 6.21 Å². The Balaban J connectivity index is 2.09. The highest BCUT2D eigenvalue weighted by atomic mass is 35.5. The molecule has 0 radical (unpaired) electrons. The number of hydrogen-bond acceptors (Lipinski definition) is 3. The molecule has 1 amide bonds. The normalized spacial score (nSPS) is 10.7. The molecule has 20 heavy (non-hydrogen) atoms. The summed E-state index contributed by atoms with van der Waals surface area (Å²) in [5.41, 5.74) is 9.47. The van der Waals surface area contributed by atoms with Crippen molar-refractivity contribution in [2.24, 2.45) is 5.10 Å². The smallest absolute Gasteiger partial charge is 0.271 e. The van der Waals surface area contributed by atoms with Gasteiger partial charge in [0.25, 0.3) is 5.91 Å². The van der Waals surface area contributed by atoms with Crippen molar-refractivity contribution in [3.05, 3.63) is 63.6 Å². The largest absolute Gasteiger partial charge is 0.399 e. The van der Waals surface area contributed by atoms with Crippen molar-refractivity contribution in [2.75, 3.05) is 5.73 Å². The molecule has 2 aromatic carbocycles. The number of rotatable bonds is 3. The number of amides is 1. The quantitative estimate of drug-likeness (QED) is 0.519. The molecule has 0 unspecified atom stereocenters. The fraction of sp³-hybridized carbons (Fsp3) is 0. The third kappa shape index (κ3) is 3.50. The van der Waals surface area contributed by atoms with Crippen LogP contribution in [0.4, 0.5) is 5.69 Å². The van der Waals surface area contributed by atoms with Crippen LogP contribution in [0.3, 0.4) is 0 Å². The van der Waals surface area contributed by atoms with Crippen LogP contribution in [0.5, 0.6) is 0 Å². The molecule has 0 atom stereocenters. The zero-order valence-corrected chi connectivity index (χ0v) is 11.8. The lowest BCUT2D eigenvalue weighted by Crippen LogP contribution is -2.17. The van der Waals surface area contributed by atoms with Crippen molar-refractivity contribution in [1.29, 1.82) is 0 Å². The fourth-order valence-corrected chi connectivity index (χ4v) is 2.03. The molecule has 0 bridgehead atoms. The first kappa shape index (κ1) is 14.4. The molecular formula is C14H11Cl2N3O. The van der Waals surface area contributed by atoms with E-state index in [1.807, 2.05) is 0 Å². The third-order valence-corrected chi connectivity index (χ3v) is 3.17. The lowest BCUT2D eigenvalue weighted by atomic mass is 10.2. The molecule has 0 saturated carbocycles. The van der Waals surface area contributed by atoms with Crippen molar-refractivity contribution >= 4 is 41.0 Å². The van der Waals surface area contributed by atoms with Crippen molar-refractivity contribution in [3.63, 3.8) is 0 Å². The van der Waals surface area contributed by atoms with Crippen LogP contribution >= 0.6 is 23.2 Å². The highest BCUT2D eigenvalue weighted by molar-refractivity contribution is 6.38. The molecule has 0 aliphatic heterocycles. The molecule has 2 aromatic rings. The maximum atomic E-state index is 11.8. The van der Waals surface area contributed by atoms with Gasteiger partial charge in [-0.15, -0.1) is 0 Å². The molecular weight excluding hydrogens is 297 g/mol. The van der Waals surface area contributed by atoms with E-state index in [-0.39, 0.29) is 5.91 Å². The molecule has 0 aliphatic rings. The third-order valence-electron chi connectivity index (χ3n) is 2.51. The minimum atomic E-state index is -0.364. The fourth-order valence-electron chi connectivity index (χ4n) is 1.53. The average molecular weight is 308 g/mol. The zero-order valence-electron chi connectivity index (χ0n) is 10.3. The summed E-state index contributed by atoms with van der Waals surface area (Å²) in [5, 5.41) is 4.75. The van der Waals surface area contributed by atoms with E-state index in [0.717, 1.165) is 0 Å². The second-order valence-corrected chi connectivity index (χ2v) is 4.77. The predicted molar refractivity (Wildman–Crippen MR) is 82.4 cm³/mol. The van der Waals surface area contributed by atoms with Crippen LogP contribution in [0.1, 0.15) is 15.9 Å². The number of nitrogen functional groups attached to an aromatic ring is 1. The molecule has 0 saturated heterocycles. The molecule has 0 aromatic heterocycles. The Morgan fingerprint density at radius 2 is 1.80 bits per heavy atom. The summed E-state index contributed by atoms with van der Waals surface area (Å²) in [4.78, 5) is 11.8. The second-order valence-electron chi connectivity index (χ2n) is 3.96. The van der Waals surface area contributed by atoms with Crippen molar-refractivity contribution in [3.8, 4) is 0 Å². The predicted octanol–water partition coefficient (Wildman–Crippen LogP) is 3.34. The zero-order chi connectivity index (χ0) is 14.5. The van der Waals surface area contributed by atoms with Gasteiger partial charge in [-0.3, -0.25) is 4.79 Å². The highest BCUT2D eigenvalue weighted by Crippen LogP contribution is 2.22. The van der Waals surface area contributed by atoms with Crippen molar-refractivity contribution in [1.82, 2.24) is 5.43 Å². The van der Waals surface area contributed by atoms with E-state index >= 15 is 0 Å². The van der Waals surface area contributed by atoms with Gasteiger partial charge < -0.3 is 5.73 Å². The summed E-state index contributed by atoms with van der Waals surface area (Å²) < 4.78 is 0.